The van der Waals surface area contributed by atoms with Crippen LogP contribution in [0, 0.1) is 0 Å². The maximum absolute atomic E-state index is 12.7. The molecule has 1 amide bonds. The highest BCUT2D eigenvalue weighted by Gasteiger charge is 2.21. The number of benzene rings is 2. The van der Waals surface area contributed by atoms with Crippen LogP contribution in [-0.4, -0.2) is 45.9 Å². The lowest BCUT2D eigenvalue weighted by Gasteiger charge is -2.25. The van der Waals surface area contributed by atoms with Crippen molar-refractivity contribution in [3.8, 4) is 0 Å². The van der Waals surface area contributed by atoms with E-state index in [0.29, 0.717) is 6.54 Å². The van der Waals surface area contributed by atoms with Crippen LogP contribution in [0.3, 0.4) is 0 Å². The summed E-state index contributed by atoms with van der Waals surface area (Å²) in [6.07, 6.45) is 0. The Bertz CT molecular complexity index is 916. The third-order valence-electron chi connectivity index (χ3n) is 4.15. The Balaban J connectivity index is 2.21. The van der Waals surface area contributed by atoms with Gasteiger partial charge in [-0.05, 0) is 51.7 Å². The first-order chi connectivity index (χ1) is 13.1. The number of carbonyl (C=O) groups excluding carboxylic acids is 1. The fraction of sp³-hybridized carbons (Fsp3) is 0.350. The van der Waals surface area contributed by atoms with E-state index in [0.717, 1.165) is 5.56 Å². The molecule has 152 valence electrons. The summed E-state index contributed by atoms with van der Waals surface area (Å²) in [5.41, 5.74) is 1.19. The first-order valence-corrected chi connectivity index (χ1v) is 10.8. The Hall–Kier alpha value is -1.93. The lowest BCUT2D eigenvalue weighted by molar-refractivity contribution is 0.0942. The quantitative estimate of drug-likeness (QED) is 0.684. The van der Waals surface area contributed by atoms with Crippen molar-refractivity contribution in [2.45, 2.75) is 30.8 Å². The number of rotatable bonds is 8. The van der Waals surface area contributed by atoms with Gasteiger partial charge in [0.2, 0.25) is 10.0 Å². The zero-order valence-electron chi connectivity index (χ0n) is 16.4. The van der Waals surface area contributed by atoms with Crippen molar-refractivity contribution in [3.63, 3.8) is 0 Å². The number of nitrogens with one attached hydrogen (secondary N) is 2. The number of halogens is 1. The van der Waals surface area contributed by atoms with Gasteiger partial charge in [0.25, 0.3) is 5.91 Å². The fourth-order valence-electron chi connectivity index (χ4n) is 2.78. The molecule has 2 N–H and O–H groups in total. The SMILES string of the molecule is CC(C)NS(=O)(=O)c1ccc(Cl)c(C(=O)NCC(c2ccccc2)N(C)C)c1. The molecule has 2 aromatic carbocycles. The van der Waals surface area contributed by atoms with Crippen molar-refractivity contribution in [3.05, 3.63) is 64.7 Å². The summed E-state index contributed by atoms with van der Waals surface area (Å²) in [5.74, 6) is -0.422. The molecular weight excluding hydrogens is 398 g/mol. The van der Waals surface area contributed by atoms with Crippen molar-refractivity contribution in [2.24, 2.45) is 0 Å². The van der Waals surface area contributed by atoms with Gasteiger partial charge < -0.3 is 10.2 Å². The molecule has 0 fully saturated rings. The van der Waals surface area contributed by atoms with E-state index in [1.165, 1.54) is 18.2 Å². The molecule has 0 radical (unpaired) electrons. The summed E-state index contributed by atoms with van der Waals surface area (Å²) in [4.78, 5) is 14.7. The van der Waals surface area contributed by atoms with Crippen LogP contribution in [0.5, 0.6) is 0 Å². The molecule has 28 heavy (non-hydrogen) atoms. The summed E-state index contributed by atoms with van der Waals surface area (Å²) in [6, 6.07) is 13.6. The van der Waals surface area contributed by atoms with Gasteiger partial charge in [-0.1, -0.05) is 41.9 Å². The predicted octanol–water partition coefficient (Wildman–Crippen LogP) is 3.06. The monoisotopic (exact) mass is 423 g/mol. The number of hydrogen-bond acceptors (Lipinski definition) is 4. The molecule has 8 heteroatoms. The number of likely N-dealkylation sites (N-methyl/N-ethyl adjacent to an activating group) is 1. The molecule has 2 rings (SSSR count). The molecule has 0 saturated heterocycles. The second kappa shape index (κ2) is 9.52. The number of hydrogen-bond donors (Lipinski definition) is 2. The molecule has 6 nitrogen and oxygen atoms in total. The van der Waals surface area contributed by atoms with Gasteiger partial charge in [0, 0.05) is 12.6 Å². The lowest BCUT2D eigenvalue weighted by atomic mass is 10.1. The van der Waals surface area contributed by atoms with Crippen LogP contribution in [0.15, 0.2) is 53.4 Å². The fourth-order valence-corrected chi connectivity index (χ4v) is 4.26. The topological polar surface area (TPSA) is 78.5 Å². The Labute approximate surface area is 171 Å². The highest BCUT2D eigenvalue weighted by Crippen LogP contribution is 2.22. The van der Waals surface area contributed by atoms with Crippen molar-refractivity contribution in [2.75, 3.05) is 20.6 Å². The molecule has 0 aliphatic carbocycles. The van der Waals surface area contributed by atoms with Crippen LogP contribution in [0.2, 0.25) is 5.02 Å². The number of carbonyl (C=O) groups is 1. The second-order valence-electron chi connectivity index (χ2n) is 7.02. The van der Waals surface area contributed by atoms with Gasteiger partial charge >= 0.3 is 0 Å². The molecule has 1 unspecified atom stereocenters. The molecule has 0 heterocycles. The summed E-state index contributed by atoms with van der Waals surface area (Å²) >= 11 is 6.16. The molecule has 1 atom stereocenters. The van der Waals surface area contributed by atoms with E-state index in [4.69, 9.17) is 11.6 Å². The van der Waals surface area contributed by atoms with Crippen LogP contribution in [-0.2, 0) is 10.0 Å². The minimum atomic E-state index is -3.72. The molecule has 0 aliphatic heterocycles. The molecule has 0 bridgehead atoms. The molecular formula is C20H26ClN3O3S. The Morgan fingerprint density at radius 1 is 1.11 bits per heavy atom. The van der Waals surface area contributed by atoms with Gasteiger partial charge in [-0.25, -0.2) is 13.1 Å². The van der Waals surface area contributed by atoms with E-state index >= 15 is 0 Å². The van der Waals surface area contributed by atoms with E-state index < -0.39 is 15.9 Å². The first kappa shape index (κ1) is 22.4. The molecule has 0 spiro atoms. The van der Waals surface area contributed by atoms with E-state index in [2.05, 4.69) is 10.0 Å². The van der Waals surface area contributed by atoms with Gasteiger partial charge in [0.1, 0.15) is 0 Å². The van der Waals surface area contributed by atoms with Crippen molar-refractivity contribution in [1.82, 2.24) is 14.9 Å². The summed E-state index contributed by atoms with van der Waals surface area (Å²) in [5, 5.41) is 3.06. The highest BCUT2D eigenvalue weighted by atomic mass is 35.5. The zero-order chi connectivity index (χ0) is 20.9. The maximum Gasteiger partial charge on any atom is 0.252 e. The summed E-state index contributed by atoms with van der Waals surface area (Å²) < 4.78 is 27.3. The van der Waals surface area contributed by atoms with E-state index in [1.54, 1.807) is 13.8 Å². The van der Waals surface area contributed by atoms with Crippen LogP contribution >= 0.6 is 11.6 Å². The minimum absolute atomic E-state index is 0.00275. The van der Waals surface area contributed by atoms with Crippen LogP contribution in [0.1, 0.15) is 35.8 Å². The number of sulfonamides is 1. The Kier molecular flexibility index (Phi) is 7.60. The van der Waals surface area contributed by atoms with Gasteiger partial charge in [-0.3, -0.25) is 4.79 Å². The molecule has 0 saturated carbocycles. The smallest absolute Gasteiger partial charge is 0.252 e. The third-order valence-corrected chi connectivity index (χ3v) is 6.13. The second-order valence-corrected chi connectivity index (χ2v) is 9.14. The standard InChI is InChI=1S/C20H26ClN3O3S/c1-14(2)23-28(26,27)16-10-11-18(21)17(12-16)20(25)22-13-19(24(3)4)15-8-6-5-7-9-15/h5-12,14,19,23H,13H2,1-4H3,(H,22,25). The van der Waals surface area contributed by atoms with Crippen molar-refractivity contribution in [1.29, 1.82) is 0 Å². The summed E-state index contributed by atoms with van der Waals surface area (Å²) in [7, 11) is 0.147. The zero-order valence-corrected chi connectivity index (χ0v) is 18.0. The number of nitrogens with zero attached hydrogens (tertiary/aromatic N) is 1. The normalized spacial score (nSPS) is 13.0. The van der Waals surface area contributed by atoms with E-state index in [9.17, 15) is 13.2 Å². The van der Waals surface area contributed by atoms with Gasteiger partial charge in [-0.2, -0.15) is 0 Å². The molecule has 2 aromatic rings. The summed E-state index contributed by atoms with van der Waals surface area (Å²) in [6.45, 7) is 3.81. The Morgan fingerprint density at radius 2 is 1.75 bits per heavy atom. The Morgan fingerprint density at radius 3 is 2.32 bits per heavy atom. The average Bonchev–Trinajstić information content (AvgIpc) is 2.61. The van der Waals surface area contributed by atoms with Gasteiger partial charge in [0.05, 0.1) is 21.5 Å². The minimum Gasteiger partial charge on any atom is -0.350 e. The largest absolute Gasteiger partial charge is 0.350 e. The maximum atomic E-state index is 12.7. The molecule has 0 aromatic heterocycles. The first-order valence-electron chi connectivity index (χ1n) is 8.93. The van der Waals surface area contributed by atoms with Crippen LogP contribution in [0.4, 0.5) is 0 Å². The van der Waals surface area contributed by atoms with Crippen LogP contribution in [0.25, 0.3) is 0 Å². The van der Waals surface area contributed by atoms with Crippen LogP contribution < -0.4 is 10.0 Å². The van der Waals surface area contributed by atoms with E-state index in [-0.39, 0.29) is 27.6 Å². The highest BCUT2D eigenvalue weighted by molar-refractivity contribution is 7.89. The molecule has 0 aliphatic rings. The predicted molar refractivity (Wildman–Crippen MR) is 112 cm³/mol. The van der Waals surface area contributed by atoms with Crippen molar-refractivity contribution >= 4 is 27.5 Å². The number of amides is 1. The lowest BCUT2D eigenvalue weighted by Crippen LogP contribution is -2.35. The van der Waals surface area contributed by atoms with Crippen molar-refractivity contribution < 1.29 is 13.2 Å². The van der Waals surface area contributed by atoms with Gasteiger partial charge in [0.15, 0.2) is 0 Å². The van der Waals surface area contributed by atoms with Gasteiger partial charge in [-0.15, -0.1) is 0 Å². The van der Waals surface area contributed by atoms with E-state index in [1.807, 2.05) is 49.3 Å². The average molecular weight is 424 g/mol. The third kappa shape index (κ3) is 5.78.